The summed E-state index contributed by atoms with van der Waals surface area (Å²) in [6.45, 7) is 0.168. The number of benzene rings is 2. The maximum atomic E-state index is 12.6. The first-order valence-electron chi connectivity index (χ1n) is 8.29. The molecule has 0 fully saturated rings. The smallest absolute Gasteiger partial charge is 0.272 e. The Hall–Kier alpha value is -2.34. The summed E-state index contributed by atoms with van der Waals surface area (Å²) in [4.78, 5) is 0. The molecule has 1 heterocycles. The molecule has 2 N–H and O–H groups in total. The van der Waals surface area contributed by atoms with Crippen LogP contribution in [0.3, 0.4) is 0 Å². The molecule has 0 saturated heterocycles. The van der Waals surface area contributed by atoms with Crippen molar-refractivity contribution in [1.82, 2.24) is 5.32 Å². The highest BCUT2D eigenvalue weighted by Gasteiger charge is 2.35. The van der Waals surface area contributed by atoms with E-state index < -0.39 is 13.0 Å². The van der Waals surface area contributed by atoms with Crippen molar-refractivity contribution in [2.75, 3.05) is 20.3 Å². The first-order valence-corrected chi connectivity index (χ1v) is 8.29. The quantitative estimate of drug-likeness (QED) is 0.889. The van der Waals surface area contributed by atoms with Gasteiger partial charge < -0.3 is 19.9 Å². The van der Waals surface area contributed by atoms with Gasteiger partial charge in [-0.25, -0.2) is 8.78 Å². The zero-order valence-electron chi connectivity index (χ0n) is 13.8. The molecule has 1 unspecified atom stereocenters. The maximum Gasteiger partial charge on any atom is 0.272 e. The number of halogens is 2. The lowest BCUT2D eigenvalue weighted by atomic mass is 9.77. The van der Waals surface area contributed by atoms with Gasteiger partial charge in [0.05, 0.1) is 7.11 Å². The van der Waals surface area contributed by atoms with Gasteiger partial charge in [-0.2, -0.15) is 0 Å². The van der Waals surface area contributed by atoms with E-state index in [2.05, 4.69) is 5.32 Å². The number of hydrogen-bond acceptors (Lipinski definition) is 4. The highest BCUT2D eigenvalue weighted by atomic mass is 19.3. The number of ether oxygens (including phenoxy) is 2. The van der Waals surface area contributed by atoms with Gasteiger partial charge in [0.1, 0.15) is 12.4 Å². The Morgan fingerprint density at radius 3 is 2.88 bits per heavy atom. The summed E-state index contributed by atoms with van der Waals surface area (Å²) < 4.78 is 36.1. The molecule has 25 heavy (non-hydrogen) atoms. The number of nitrogens with one attached hydrogen (secondary N) is 1. The first kappa shape index (κ1) is 16.1. The van der Waals surface area contributed by atoms with Crippen molar-refractivity contribution >= 4 is 0 Å². The van der Waals surface area contributed by atoms with Crippen LogP contribution < -0.4 is 14.8 Å². The molecule has 0 aromatic heterocycles. The van der Waals surface area contributed by atoms with Crippen LogP contribution in [0.1, 0.15) is 22.7 Å². The van der Waals surface area contributed by atoms with Crippen molar-refractivity contribution in [1.29, 1.82) is 0 Å². The summed E-state index contributed by atoms with van der Waals surface area (Å²) in [5, 5.41) is 13.9. The average molecular weight is 347 g/mol. The normalized spacial score (nSPS) is 17.8. The summed E-state index contributed by atoms with van der Waals surface area (Å²) in [6.07, 6.45) is -1.00. The Morgan fingerprint density at radius 1 is 1.28 bits per heavy atom. The van der Waals surface area contributed by atoms with E-state index in [9.17, 15) is 13.9 Å². The number of methoxy groups -OCH3 is 1. The van der Waals surface area contributed by atoms with E-state index in [0.717, 1.165) is 47.2 Å². The number of aromatic hydroxyl groups is 1. The summed E-state index contributed by atoms with van der Waals surface area (Å²) >= 11 is 0. The van der Waals surface area contributed by atoms with Gasteiger partial charge in [-0.15, -0.1) is 0 Å². The van der Waals surface area contributed by atoms with E-state index in [4.69, 9.17) is 9.47 Å². The van der Waals surface area contributed by atoms with Crippen molar-refractivity contribution in [3.8, 4) is 28.4 Å². The predicted molar refractivity (Wildman–Crippen MR) is 89.7 cm³/mol. The van der Waals surface area contributed by atoms with Crippen LogP contribution in [0.4, 0.5) is 8.78 Å². The molecular weight excluding hydrogens is 328 g/mol. The van der Waals surface area contributed by atoms with Gasteiger partial charge >= 0.3 is 0 Å². The van der Waals surface area contributed by atoms with Crippen molar-refractivity contribution in [3.63, 3.8) is 0 Å². The molecule has 2 aliphatic rings. The topological polar surface area (TPSA) is 50.7 Å². The molecule has 132 valence electrons. The molecule has 6 heteroatoms. The summed E-state index contributed by atoms with van der Waals surface area (Å²) in [6, 6.07) is 7.33. The summed E-state index contributed by atoms with van der Waals surface area (Å²) in [5.41, 5.74) is 4.62. The predicted octanol–water partition coefficient (Wildman–Crippen LogP) is 3.45. The number of alkyl halides is 2. The molecular formula is C19H19F2NO3. The molecule has 0 bridgehead atoms. The Morgan fingerprint density at radius 2 is 2.12 bits per heavy atom. The Kier molecular flexibility index (Phi) is 4.00. The molecule has 4 nitrogen and oxygen atoms in total. The minimum Gasteiger partial charge on any atom is -0.504 e. The van der Waals surface area contributed by atoms with E-state index in [1.807, 2.05) is 12.1 Å². The number of rotatable bonds is 4. The molecule has 1 aliphatic carbocycles. The number of phenolic OH excluding ortho intramolecular Hbond substituents is 1. The third kappa shape index (κ3) is 2.61. The third-order valence-electron chi connectivity index (χ3n) is 4.87. The van der Waals surface area contributed by atoms with Gasteiger partial charge in [-0.1, -0.05) is 12.1 Å². The van der Waals surface area contributed by atoms with Gasteiger partial charge in [0, 0.05) is 17.2 Å². The van der Waals surface area contributed by atoms with Gasteiger partial charge in [0.2, 0.25) is 0 Å². The molecule has 1 aliphatic heterocycles. The van der Waals surface area contributed by atoms with Crippen molar-refractivity contribution in [2.45, 2.75) is 25.3 Å². The SMILES string of the molecule is COc1c(O)cc2c3c1-c1c(cccc1OCC(F)F)CC3NCC2. The fraction of sp³-hybridized carbons (Fsp3) is 0.368. The highest BCUT2D eigenvalue weighted by Crippen LogP contribution is 2.52. The van der Waals surface area contributed by atoms with Crippen molar-refractivity contribution < 1.29 is 23.4 Å². The molecule has 0 radical (unpaired) electrons. The number of phenols is 1. The second-order valence-corrected chi connectivity index (χ2v) is 6.33. The second-order valence-electron chi connectivity index (χ2n) is 6.33. The standard InChI is InChI=1S/C19H19F2NO3/c1-24-19-13(23)8-11-5-6-22-12-7-10-3-2-4-14(25-9-15(20)21)17(10)18(19)16(11)12/h2-4,8,12,15,22-23H,5-7,9H2,1H3. The van der Waals surface area contributed by atoms with E-state index in [1.54, 1.807) is 12.1 Å². The zero-order valence-corrected chi connectivity index (χ0v) is 13.8. The van der Waals surface area contributed by atoms with Gasteiger partial charge in [0.25, 0.3) is 6.43 Å². The van der Waals surface area contributed by atoms with Crippen LogP contribution in [-0.4, -0.2) is 31.8 Å². The van der Waals surface area contributed by atoms with Crippen LogP contribution >= 0.6 is 0 Å². The largest absolute Gasteiger partial charge is 0.504 e. The second kappa shape index (κ2) is 6.19. The molecule has 0 spiro atoms. The first-order chi connectivity index (χ1) is 12.1. The average Bonchev–Trinajstić information content (AvgIpc) is 2.59. The Bertz CT molecular complexity index is 823. The Balaban J connectivity index is 1.96. The van der Waals surface area contributed by atoms with E-state index in [1.165, 1.54) is 7.11 Å². The number of hydrogen-bond donors (Lipinski definition) is 2. The number of fused-ring (bicyclic) bond motifs is 2. The molecule has 1 atom stereocenters. The lowest BCUT2D eigenvalue weighted by Crippen LogP contribution is -2.34. The molecule has 0 amide bonds. The van der Waals surface area contributed by atoms with Crippen molar-refractivity contribution in [3.05, 3.63) is 41.0 Å². The summed E-state index contributed by atoms with van der Waals surface area (Å²) in [5.74, 6) is 0.822. The van der Waals surface area contributed by atoms with Gasteiger partial charge in [-0.05, 0) is 48.2 Å². The Labute approximate surface area is 144 Å². The lowest BCUT2D eigenvalue weighted by molar-refractivity contribution is 0.0821. The monoisotopic (exact) mass is 347 g/mol. The van der Waals surface area contributed by atoms with E-state index in [0.29, 0.717) is 11.5 Å². The molecule has 2 aromatic rings. The van der Waals surface area contributed by atoms with Gasteiger partial charge in [0.15, 0.2) is 11.5 Å². The highest BCUT2D eigenvalue weighted by molar-refractivity contribution is 5.87. The van der Waals surface area contributed by atoms with Crippen LogP contribution in [-0.2, 0) is 12.8 Å². The minimum atomic E-state index is -2.55. The lowest BCUT2D eigenvalue weighted by Gasteiger charge is -2.36. The summed E-state index contributed by atoms with van der Waals surface area (Å²) in [7, 11) is 1.50. The molecule has 2 aromatic carbocycles. The van der Waals surface area contributed by atoms with Crippen LogP contribution in [0.25, 0.3) is 11.1 Å². The van der Waals surface area contributed by atoms with Crippen LogP contribution in [0, 0.1) is 0 Å². The fourth-order valence-corrected chi connectivity index (χ4v) is 3.96. The molecule has 4 rings (SSSR count). The zero-order chi connectivity index (χ0) is 17.6. The van der Waals surface area contributed by atoms with Crippen molar-refractivity contribution in [2.24, 2.45) is 0 Å². The van der Waals surface area contributed by atoms with Crippen LogP contribution in [0.5, 0.6) is 17.2 Å². The van der Waals surface area contributed by atoms with E-state index >= 15 is 0 Å². The van der Waals surface area contributed by atoms with Gasteiger partial charge in [-0.3, -0.25) is 0 Å². The molecule has 0 saturated carbocycles. The minimum absolute atomic E-state index is 0.0633. The maximum absolute atomic E-state index is 12.6. The van der Waals surface area contributed by atoms with Crippen LogP contribution in [0.15, 0.2) is 24.3 Å². The van der Waals surface area contributed by atoms with E-state index in [-0.39, 0.29) is 11.8 Å². The third-order valence-corrected chi connectivity index (χ3v) is 4.87. The fourth-order valence-electron chi connectivity index (χ4n) is 3.96. The van der Waals surface area contributed by atoms with Crippen LogP contribution in [0.2, 0.25) is 0 Å².